The van der Waals surface area contributed by atoms with E-state index in [0.29, 0.717) is 17.9 Å². The highest BCUT2D eigenvalue weighted by molar-refractivity contribution is 6.01. The quantitative estimate of drug-likeness (QED) is 0.849. The zero-order valence-corrected chi connectivity index (χ0v) is 11.8. The minimum atomic E-state index is -0.321. The second kappa shape index (κ2) is 5.16. The molecule has 0 unspecified atom stereocenters. The monoisotopic (exact) mass is 286 g/mol. The van der Waals surface area contributed by atoms with E-state index in [1.54, 1.807) is 12.1 Å². The first-order valence-electron chi connectivity index (χ1n) is 6.74. The number of halogens is 1. The third-order valence-electron chi connectivity index (χ3n) is 3.49. The first-order valence-corrected chi connectivity index (χ1v) is 6.74. The van der Waals surface area contributed by atoms with Crippen LogP contribution in [0.5, 0.6) is 0 Å². The number of benzene rings is 1. The molecule has 1 aromatic carbocycles. The number of hydrogen-bond donors (Lipinski definition) is 0. The molecule has 3 rings (SSSR count). The summed E-state index contributed by atoms with van der Waals surface area (Å²) in [7, 11) is 0. The van der Waals surface area contributed by atoms with Crippen LogP contribution in [-0.4, -0.2) is 16.6 Å². The minimum absolute atomic E-state index is 0.178. The molecule has 21 heavy (non-hydrogen) atoms. The number of aryl methyl sites for hydroxylation is 1. The Morgan fingerprint density at radius 2 is 2.19 bits per heavy atom. The average molecular weight is 286 g/mol. The van der Waals surface area contributed by atoms with Gasteiger partial charge in [-0.15, -0.1) is 0 Å². The Morgan fingerprint density at radius 1 is 1.38 bits per heavy atom. The number of amides is 1. The first-order chi connectivity index (χ1) is 10.0. The van der Waals surface area contributed by atoms with E-state index >= 15 is 0 Å². The first kappa shape index (κ1) is 13.5. The molecule has 108 valence electrons. The SMILES string of the molecule is CC(=O)N1N=C(c2ccc(C)o2)C[C@H]1c1cccc(F)c1. The van der Waals surface area contributed by atoms with Gasteiger partial charge in [0.15, 0.2) is 0 Å². The summed E-state index contributed by atoms with van der Waals surface area (Å²) in [5, 5.41) is 5.73. The van der Waals surface area contributed by atoms with Gasteiger partial charge in [0.05, 0.1) is 6.04 Å². The Bertz CT molecular complexity index is 721. The molecule has 1 atom stereocenters. The molecule has 0 aliphatic carbocycles. The molecule has 0 fully saturated rings. The lowest BCUT2D eigenvalue weighted by Gasteiger charge is -2.20. The fraction of sp³-hybridized carbons (Fsp3) is 0.250. The van der Waals surface area contributed by atoms with Crippen LogP contribution in [0.2, 0.25) is 0 Å². The topological polar surface area (TPSA) is 45.8 Å². The molecule has 0 N–H and O–H groups in total. The van der Waals surface area contributed by atoms with Crippen molar-refractivity contribution in [2.45, 2.75) is 26.3 Å². The average Bonchev–Trinajstić information content (AvgIpc) is 3.04. The number of hydrogen-bond acceptors (Lipinski definition) is 3. The zero-order valence-electron chi connectivity index (χ0n) is 11.8. The van der Waals surface area contributed by atoms with Crippen LogP contribution in [0.15, 0.2) is 45.9 Å². The molecule has 0 saturated carbocycles. The van der Waals surface area contributed by atoms with Crippen molar-refractivity contribution in [3.63, 3.8) is 0 Å². The van der Waals surface area contributed by atoms with Crippen molar-refractivity contribution < 1.29 is 13.6 Å². The fourth-order valence-corrected chi connectivity index (χ4v) is 2.51. The van der Waals surface area contributed by atoms with Crippen molar-refractivity contribution in [2.24, 2.45) is 5.10 Å². The van der Waals surface area contributed by atoms with Gasteiger partial charge < -0.3 is 4.42 Å². The smallest absolute Gasteiger partial charge is 0.240 e. The predicted molar refractivity (Wildman–Crippen MR) is 76.3 cm³/mol. The van der Waals surface area contributed by atoms with E-state index in [4.69, 9.17) is 4.42 Å². The highest BCUT2D eigenvalue weighted by atomic mass is 19.1. The van der Waals surface area contributed by atoms with Gasteiger partial charge in [0, 0.05) is 13.3 Å². The maximum Gasteiger partial charge on any atom is 0.240 e. The summed E-state index contributed by atoms with van der Waals surface area (Å²) < 4.78 is 19.0. The number of carbonyl (C=O) groups is 1. The molecule has 0 saturated heterocycles. The van der Waals surface area contributed by atoms with Gasteiger partial charge in [-0.2, -0.15) is 5.10 Å². The van der Waals surface area contributed by atoms with E-state index in [1.807, 2.05) is 19.1 Å². The van der Waals surface area contributed by atoms with E-state index < -0.39 is 0 Å². The molecule has 0 spiro atoms. The van der Waals surface area contributed by atoms with E-state index in [2.05, 4.69) is 5.10 Å². The Hall–Kier alpha value is -2.43. The van der Waals surface area contributed by atoms with Gasteiger partial charge in [0.2, 0.25) is 5.91 Å². The highest BCUT2D eigenvalue weighted by Crippen LogP contribution is 2.33. The lowest BCUT2D eigenvalue weighted by atomic mass is 10.0. The molecule has 0 bridgehead atoms. The van der Waals surface area contributed by atoms with Crippen molar-refractivity contribution in [3.05, 3.63) is 59.3 Å². The van der Waals surface area contributed by atoms with Crippen LogP contribution in [0, 0.1) is 12.7 Å². The number of nitrogens with zero attached hydrogens (tertiary/aromatic N) is 2. The molecule has 2 aromatic rings. The Kier molecular flexibility index (Phi) is 3.33. The summed E-state index contributed by atoms with van der Waals surface area (Å²) in [4.78, 5) is 11.8. The van der Waals surface area contributed by atoms with Crippen LogP contribution in [0.3, 0.4) is 0 Å². The molecule has 2 heterocycles. The highest BCUT2D eigenvalue weighted by Gasteiger charge is 2.32. The van der Waals surface area contributed by atoms with E-state index in [0.717, 1.165) is 11.3 Å². The third kappa shape index (κ3) is 2.59. The van der Waals surface area contributed by atoms with Crippen LogP contribution in [0.25, 0.3) is 0 Å². The van der Waals surface area contributed by atoms with Gasteiger partial charge in [-0.25, -0.2) is 9.40 Å². The number of rotatable bonds is 2. The number of carbonyl (C=O) groups excluding carboxylic acids is 1. The van der Waals surface area contributed by atoms with Crippen molar-refractivity contribution in [2.75, 3.05) is 0 Å². The maximum absolute atomic E-state index is 13.4. The van der Waals surface area contributed by atoms with Crippen LogP contribution in [-0.2, 0) is 4.79 Å². The number of hydrazone groups is 1. The summed E-state index contributed by atoms with van der Waals surface area (Å²) in [6.07, 6.45) is 0.510. The van der Waals surface area contributed by atoms with Crippen LogP contribution < -0.4 is 0 Å². The van der Waals surface area contributed by atoms with Crippen LogP contribution >= 0.6 is 0 Å². The summed E-state index contributed by atoms with van der Waals surface area (Å²) in [6.45, 7) is 3.30. The molecule has 1 aliphatic rings. The molecule has 1 aliphatic heterocycles. The van der Waals surface area contributed by atoms with Crippen LogP contribution in [0.1, 0.15) is 36.5 Å². The largest absolute Gasteiger partial charge is 0.460 e. The fourth-order valence-electron chi connectivity index (χ4n) is 2.51. The number of furan rings is 1. The van der Waals surface area contributed by atoms with E-state index in [-0.39, 0.29) is 17.8 Å². The van der Waals surface area contributed by atoms with Gasteiger partial charge in [-0.3, -0.25) is 4.79 Å². The van der Waals surface area contributed by atoms with E-state index in [1.165, 1.54) is 24.1 Å². The lowest BCUT2D eigenvalue weighted by molar-refractivity contribution is -0.130. The predicted octanol–water partition coefficient (Wildman–Crippen LogP) is 3.42. The Balaban J connectivity index is 1.95. The molecular weight excluding hydrogens is 271 g/mol. The molecule has 0 radical (unpaired) electrons. The minimum Gasteiger partial charge on any atom is -0.460 e. The van der Waals surface area contributed by atoms with Gasteiger partial charge in [-0.1, -0.05) is 12.1 Å². The van der Waals surface area contributed by atoms with Gasteiger partial charge in [0.1, 0.15) is 23.0 Å². The zero-order chi connectivity index (χ0) is 15.0. The van der Waals surface area contributed by atoms with Crippen molar-refractivity contribution >= 4 is 11.6 Å². The second-order valence-electron chi connectivity index (χ2n) is 5.10. The van der Waals surface area contributed by atoms with Gasteiger partial charge in [-0.05, 0) is 36.8 Å². The summed E-state index contributed by atoms with van der Waals surface area (Å²) in [5.41, 5.74) is 1.43. The second-order valence-corrected chi connectivity index (χ2v) is 5.10. The Morgan fingerprint density at radius 3 is 2.81 bits per heavy atom. The van der Waals surface area contributed by atoms with Crippen LogP contribution in [0.4, 0.5) is 4.39 Å². The molecule has 4 nitrogen and oxygen atoms in total. The third-order valence-corrected chi connectivity index (χ3v) is 3.49. The lowest BCUT2D eigenvalue weighted by Crippen LogP contribution is -2.24. The summed E-state index contributed by atoms with van der Waals surface area (Å²) in [5.74, 6) is 0.940. The molecule has 1 amide bonds. The summed E-state index contributed by atoms with van der Waals surface area (Å²) in [6, 6.07) is 9.65. The maximum atomic E-state index is 13.4. The normalized spacial score (nSPS) is 18.0. The standard InChI is InChI=1S/C16H15FN2O2/c1-10-6-7-16(21-10)14-9-15(19(18-14)11(2)20)12-4-3-5-13(17)8-12/h3-8,15H,9H2,1-2H3/t15-/m0/s1. The van der Waals surface area contributed by atoms with Gasteiger partial charge in [0.25, 0.3) is 0 Å². The van der Waals surface area contributed by atoms with Crippen molar-refractivity contribution in [1.82, 2.24) is 5.01 Å². The van der Waals surface area contributed by atoms with E-state index in [9.17, 15) is 9.18 Å². The molecule has 5 heteroatoms. The summed E-state index contributed by atoms with van der Waals surface area (Å²) >= 11 is 0. The van der Waals surface area contributed by atoms with Crippen molar-refractivity contribution in [1.29, 1.82) is 0 Å². The van der Waals surface area contributed by atoms with Gasteiger partial charge >= 0.3 is 0 Å². The van der Waals surface area contributed by atoms with Crippen molar-refractivity contribution in [3.8, 4) is 0 Å². The molecular formula is C16H15FN2O2. The Labute approximate surface area is 121 Å². The molecule has 1 aromatic heterocycles.